The fraction of sp³-hybridized carbons (Fsp3) is 0. The normalized spacial score (nSPS) is 10.3. The number of hydrogen-bond acceptors (Lipinski definition) is 5. The Hall–Kier alpha value is -2.89. The molecule has 19 heavy (non-hydrogen) atoms. The molecule has 0 bridgehead atoms. The molecule has 6 nitrogen and oxygen atoms in total. The Morgan fingerprint density at radius 2 is 1.53 bits per heavy atom. The van der Waals surface area contributed by atoms with E-state index in [0.29, 0.717) is 22.5 Å². The van der Waals surface area contributed by atoms with Crippen LogP contribution in [0.5, 0.6) is 0 Å². The fourth-order valence-electron chi connectivity index (χ4n) is 1.85. The minimum absolute atomic E-state index is 0.0378. The first-order valence-corrected chi connectivity index (χ1v) is 5.48. The molecule has 2 aromatic carbocycles. The summed E-state index contributed by atoms with van der Waals surface area (Å²) < 4.78 is 0. The zero-order valence-corrected chi connectivity index (χ0v) is 10.1. The number of rotatable bonds is 2. The van der Waals surface area contributed by atoms with E-state index in [1.54, 1.807) is 30.3 Å². The third-order valence-corrected chi connectivity index (χ3v) is 2.89. The van der Waals surface area contributed by atoms with Gasteiger partial charge in [-0.3, -0.25) is 0 Å². The summed E-state index contributed by atoms with van der Waals surface area (Å²) in [6, 6.07) is 8.06. The van der Waals surface area contributed by atoms with Crippen molar-refractivity contribution in [3.63, 3.8) is 0 Å². The quantitative estimate of drug-likeness (QED) is 0.515. The Bertz CT molecular complexity index is 668. The van der Waals surface area contributed by atoms with E-state index in [0.717, 1.165) is 0 Å². The molecule has 2 aromatic rings. The molecular formula is C13H14N4O2. The Kier molecular flexibility index (Phi) is 2.92. The number of anilines is 4. The Morgan fingerprint density at radius 1 is 0.895 bits per heavy atom. The van der Waals surface area contributed by atoms with Crippen LogP contribution in [0.2, 0.25) is 0 Å². The molecule has 9 N–H and O–H groups in total. The number of carboxylic acid groups (broad SMARTS) is 1. The lowest BCUT2D eigenvalue weighted by molar-refractivity contribution is 0.0699. The van der Waals surface area contributed by atoms with Gasteiger partial charge in [0.2, 0.25) is 0 Å². The second-order valence-electron chi connectivity index (χ2n) is 4.14. The van der Waals surface area contributed by atoms with Crippen molar-refractivity contribution < 1.29 is 9.90 Å². The number of benzene rings is 2. The van der Waals surface area contributed by atoms with Gasteiger partial charge in [-0.1, -0.05) is 12.1 Å². The number of carbonyl (C=O) groups is 1. The highest BCUT2D eigenvalue weighted by Gasteiger charge is 2.17. The van der Waals surface area contributed by atoms with Gasteiger partial charge >= 0.3 is 5.97 Å². The van der Waals surface area contributed by atoms with Crippen molar-refractivity contribution in [3.8, 4) is 11.1 Å². The van der Waals surface area contributed by atoms with Crippen molar-refractivity contribution in [2.75, 3.05) is 22.9 Å². The second kappa shape index (κ2) is 4.41. The van der Waals surface area contributed by atoms with Crippen LogP contribution in [0.25, 0.3) is 11.1 Å². The van der Waals surface area contributed by atoms with E-state index >= 15 is 0 Å². The predicted molar refractivity (Wildman–Crippen MR) is 76.5 cm³/mol. The van der Waals surface area contributed by atoms with Crippen molar-refractivity contribution in [3.05, 3.63) is 35.9 Å². The van der Waals surface area contributed by atoms with Crippen LogP contribution in [0.1, 0.15) is 10.4 Å². The Balaban J connectivity index is 2.71. The van der Waals surface area contributed by atoms with Gasteiger partial charge in [0.15, 0.2) is 0 Å². The molecule has 98 valence electrons. The zero-order chi connectivity index (χ0) is 14.2. The van der Waals surface area contributed by atoms with Gasteiger partial charge < -0.3 is 28.0 Å². The molecule has 0 aliphatic heterocycles. The van der Waals surface area contributed by atoms with E-state index in [1.165, 1.54) is 0 Å². The molecule has 0 fully saturated rings. The second-order valence-corrected chi connectivity index (χ2v) is 4.14. The summed E-state index contributed by atoms with van der Waals surface area (Å²) in [7, 11) is 0. The van der Waals surface area contributed by atoms with Crippen LogP contribution in [-0.4, -0.2) is 11.1 Å². The van der Waals surface area contributed by atoms with Crippen molar-refractivity contribution >= 4 is 28.7 Å². The molecule has 0 saturated carbocycles. The third-order valence-electron chi connectivity index (χ3n) is 2.89. The number of carboxylic acids is 1. The van der Waals surface area contributed by atoms with E-state index in [9.17, 15) is 9.90 Å². The zero-order valence-electron chi connectivity index (χ0n) is 10.1. The van der Waals surface area contributed by atoms with Gasteiger partial charge in [-0.25, -0.2) is 4.79 Å². The number of nitrogens with two attached hydrogens (primary N) is 4. The monoisotopic (exact) mass is 258 g/mol. The van der Waals surface area contributed by atoms with Gasteiger partial charge in [-0.2, -0.15) is 0 Å². The van der Waals surface area contributed by atoms with Crippen LogP contribution in [-0.2, 0) is 0 Å². The first-order valence-electron chi connectivity index (χ1n) is 5.48. The average molecular weight is 258 g/mol. The van der Waals surface area contributed by atoms with Gasteiger partial charge in [-0.15, -0.1) is 0 Å². The van der Waals surface area contributed by atoms with Crippen LogP contribution in [0.4, 0.5) is 22.7 Å². The van der Waals surface area contributed by atoms with Gasteiger partial charge in [0.1, 0.15) is 0 Å². The molecule has 0 unspecified atom stereocenters. The largest absolute Gasteiger partial charge is 0.478 e. The first kappa shape index (κ1) is 12.6. The Morgan fingerprint density at radius 3 is 2.11 bits per heavy atom. The van der Waals surface area contributed by atoms with E-state index in [-0.39, 0.29) is 16.9 Å². The minimum Gasteiger partial charge on any atom is -0.478 e. The van der Waals surface area contributed by atoms with Gasteiger partial charge in [-0.05, 0) is 29.3 Å². The molecule has 0 heterocycles. The highest BCUT2D eigenvalue weighted by Crippen LogP contribution is 2.33. The van der Waals surface area contributed by atoms with Gasteiger partial charge in [0, 0.05) is 0 Å². The van der Waals surface area contributed by atoms with Crippen molar-refractivity contribution in [1.82, 2.24) is 0 Å². The first-order chi connectivity index (χ1) is 8.91. The lowest BCUT2D eigenvalue weighted by atomic mass is 9.96. The summed E-state index contributed by atoms with van der Waals surface area (Å²) in [5, 5.41) is 9.26. The summed E-state index contributed by atoms with van der Waals surface area (Å²) in [6.45, 7) is 0. The number of nitrogen functional groups attached to an aromatic ring is 4. The summed E-state index contributed by atoms with van der Waals surface area (Å²) in [5.74, 6) is -1.14. The van der Waals surface area contributed by atoms with Crippen LogP contribution >= 0.6 is 0 Å². The van der Waals surface area contributed by atoms with E-state index in [4.69, 9.17) is 22.9 Å². The fourth-order valence-corrected chi connectivity index (χ4v) is 1.85. The number of aromatic carboxylic acids is 1. The molecule has 0 spiro atoms. The van der Waals surface area contributed by atoms with Gasteiger partial charge in [0.05, 0.1) is 28.3 Å². The van der Waals surface area contributed by atoms with E-state index < -0.39 is 5.97 Å². The SMILES string of the molecule is Nc1ccc(-c2ccc(N)c(N)c2C(=O)O)cc1N. The predicted octanol–water partition coefficient (Wildman–Crippen LogP) is 1.38. The molecule has 0 atom stereocenters. The Labute approximate surface area is 109 Å². The maximum absolute atomic E-state index is 11.3. The molecule has 2 rings (SSSR count). The average Bonchev–Trinajstić information content (AvgIpc) is 2.35. The smallest absolute Gasteiger partial charge is 0.338 e. The summed E-state index contributed by atoms with van der Waals surface area (Å²) in [4.78, 5) is 11.3. The lowest BCUT2D eigenvalue weighted by Gasteiger charge is -2.12. The lowest BCUT2D eigenvalue weighted by Crippen LogP contribution is -2.08. The van der Waals surface area contributed by atoms with E-state index in [2.05, 4.69) is 0 Å². The van der Waals surface area contributed by atoms with Gasteiger partial charge in [0.25, 0.3) is 0 Å². The van der Waals surface area contributed by atoms with E-state index in [1.807, 2.05) is 0 Å². The molecular weight excluding hydrogens is 244 g/mol. The summed E-state index contributed by atoms with van der Waals surface area (Å²) in [5.41, 5.74) is 24.8. The molecule has 0 aromatic heterocycles. The molecule has 0 amide bonds. The molecule has 0 saturated heterocycles. The molecule has 0 radical (unpaired) electrons. The van der Waals surface area contributed by atoms with Crippen LogP contribution < -0.4 is 22.9 Å². The molecule has 0 aliphatic rings. The standard InChI is InChI=1S/C13H14N4O2/c14-8-3-1-6(5-10(8)16)7-2-4-9(15)12(17)11(7)13(18)19/h1-5H,14-17H2,(H,18,19). The van der Waals surface area contributed by atoms with Crippen molar-refractivity contribution in [2.45, 2.75) is 0 Å². The van der Waals surface area contributed by atoms with Crippen molar-refractivity contribution in [1.29, 1.82) is 0 Å². The minimum atomic E-state index is -1.14. The highest BCUT2D eigenvalue weighted by atomic mass is 16.4. The summed E-state index contributed by atoms with van der Waals surface area (Å²) >= 11 is 0. The number of hydrogen-bond donors (Lipinski definition) is 5. The van der Waals surface area contributed by atoms with Crippen LogP contribution in [0.15, 0.2) is 30.3 Å². The molecule has 0 aliphatic carbocycles. The van der Waals surface area contributed by atoms with Crippen LogP contribution in [0.3, 0.4) is 0 Å². The summed E-state index contributed by atoms with van der Waals surface area (Å²) in [6.07, 6.45) is 0. The maximum atomic E-state index is 11.3. The topological polar surface area (TPSA) is 141 Å². The van der Waals surface area contributed by atoms with Crippen molar-refractivity contribution in [2.24, 2.45) is 0 Å². The third kappa shape index (κ3) is 2.11. The highest BCUT2D eigenvalue weighted by molar-refractivity contribution is 6.04. The maximum Gasteiger partial charge on any atom is 0.338 e. The molecule has 6 heteroatoms. The van der Waals surface area contributed by atoms with Crippen LogP contribution in [0, 0.1) is 0 Å².